The molecule has 1 unspecified atom stereocenters. The van der Waals surface area contributed by atoms with E-state index in [1.165, 1.54) is 0 Å². The number of carbonyl (C=O) groups is 2. The van der Waals surface area contributed by atoms with Crippen LogP contribution >= 0.6 is 0 Å². The van der Waals surface area contributed by atoms with Gasteiger partial charge in [0.2, 0.25) is 0 Å². The zero-order valence-electron chi connectivity index (χ0n) is 13.4. The maximum absolute atomic E-state index is 11.4. The summed E-state index contributed by atoms with van der Waals surface area (Å²) in [7, 11) is 0. The Labute approximate surface area is 130 Å². The van der Waals surface area contributed by atoms with Gasteiger partial charge in [0.25, 0.3) is 0 Å². The van der Waals surface area contributed by atoms with Crippen molar-refractivity contribution in [3.05, 3.63) is 47.0 Å². The summed E-state index contributed by atoms with van der Waals surface area (Å²) in [6, 6.07) is 6.91. The van der Waals surface area contributed by atoms with Crippen molar-refractivity contribution in [1.82, 2.24) is 0 Å². The lowest BCUT2D eigenvalue weighted by molar-refractivity contribution is -0.133. The van der Waals surface area contributed by atoms with Gasteiger partial charge in [-0.25, -0.2) is 9.59 Å². The lowest BCUT2D eigenvalue weighted by atomic mass is 9.56. The van der Waals surface area contributed by atoms with Gasteiger partial charge in [0.05, 0.1) is 5.56 Å². The van der Waals surface area contributed by atoms with E-state index < -0.39 is 11.9 Å². The Bertz CT molecular complexity index is 636. The lowest BCUT2D eigenvalue weighted by Gasteiger charge is -2.47. The second-order valence-electron chi connectivity index (χ2n) is 7.32. The van der Waals surface area contributed by atoms with E-state index in [-0.39, 0.29) is 22.3 Å². The first-order valence-electron chi connectivity index (χ1n) is 7.33. The second-order valence-corrected chi connectivity index (χ2v) is 7.32. The molecule has 0 heterocycles. The summed E-state index contributed by atoms with van der Waals surface area (Å²) in [5.41, 5.74) is 1.21. The average Bonchev–Trinajstić information content (AvgIpc) is 2.36. The van der Waals surface area contributed by atoms with Gasteiger partial charge >= 0.3 is 11.9 Å². The predicted octanol–water partition coefficient (Wildman–Crippen LogP) is 3.94. The van der Waals surface area contributed by atoms with Gasteiger partial charge in [-0.1, -0.05) is 45.9 Å². The molecule has 0 saturated heterocycles. The predicted molar refractivity (Wildman–Crippen MR) is 84.0 cm³/mol. The van der Waals surface area contributed by atoms with Crippen LogP contribution in [0.15, 0.2) is 35.9 Å². The topological polar surface area (TPSA) is 74.6 Å². The summed E-state index contributed by atoms with van der Waals surface area (Å²) in [5, 5.41) is 18.3. The molecule has 4 heteroatoms. The minimum absolute atomic E-state index is 0.117. The molecule has 0 aromatic heterocycles. The highest BCUT2D eigenvalue weighted by Crippen LogP contribution is 2.55. The molecule has 0 bridgehead atoms. The van der Waals surface area contributed by atoms with Crippen LogP contribution in [0.1, 0.15) is 56.0 Å². The van der Waals surface area contributed by atoms with E-state index in [9.17, 15) is 14.7 Å². The van der Waals surface area contributed by atoms with Crippen LogP contribution < -0.4 is 0 Å². The van der Waals surface area contributed by atoms with Crippen LogP contribution in [0.2, 0.25) is 0 Å². The van der Waals surface area contributed by atoms with Gasteiger partial charge in [0.1, 0.15) is 0 Å². The van der Waals surface area contributed by atoms with E-state index in [0.29, 0.717) is 12.0 Å². The van der Waals surface area contributed by atoms with Gasteiger partial charge in [-0.05, 0) is 40.9 Å². The van der Waals surface area contributed by atoms with Crippen molar-refractivity contribution in [2.75, 3.05) is 0 Å². The fourth-order valence-electron chi connectivity index (χ4n) is 4.02. The van der Waals surface area contributed by atoms with Crippen molar-refractivity contribution in [3.8, 4) is 0 Å². The van der Waals surface area contributed by atoms with Gasteiger partial charge in [-0.2, -0.15) is 0 Å². The monoisotopic (exact) mass is 302 g/mol. The summed E-state index contributed by atoms with van der Waals surface area (Å²) < 4.78 is 0. The van der Waals surface area contributed by atoms with Crippen LogP contribution in [0.5, 0.6) is 0 Å². The Morgan fingerprint density at radius 1 is 1.00 bits per heavy atom. The zero-order valence-corrected chi connectivity index (χ0v) is 13.4. The molecular formula is C18H22O4. The fourth-order valence-corrected chi connectivity index (χ4v) is 4.02. The van der Waals surface area contributed by atoms with Crippen molar-refractivity contribution in [3.63, 3.8) is 0 Å². The number of rotatable bonds is 3. The highest BCUT2D eigenvalue weighted by atomic mass is 16.4. The SMILES string of the molecule is CC1(C)C=C(C(=O)O)CC(C)(C)C1c1ccc(C(=O)O)cc1. The second kappa shape index (κ2) is 5.27. The Morgan fingerprint density at radius 3 is 1.95 bits per heavy atom. The summed E-state index contributed by atoms with van der Waals surface area (Å²) >= 11 is 0. The average molecular weight is 302 g/mol. The van der Waals surface area contributed by atoms with Gasteiger partial charge in [-0.15, -0.1) is 0 Å². The molecule has 0 radical (unpaired) electrons. The molecule has 118 valence electrons. The molecule has 1 aliphatic rings. The van der Waals surface area contributed by atoms with Crippen LogP contribution in [0.4, 0.5) is 0 Å². The first-order valence-corrected chi connectivity index (χ1v) is 7.33. The molecule has 0 saturated carbocycles. The first kappa shape index (κ1) is 16.3. The van der Waals surface area contributed by atoms with Gasteiger partial charge in [0.15, 0.2) is 0 Å². The van der Waals surface area contributed by atoms with Crippen LogP contribution in [0.25, 0.3) is 0 Å². The number of benzene rings is 1. The van der Waals surface area contributed by atoms with Gasteiger partial charge < -0.3 is 10.2 Å². The van der Waals surface area contributed by atoms with Gasteiger partial charge in [0, 0.05) is 5.57 Å². The first-order chi connectivity index (χ1) is 10.0. The third kappa shape index (κ3) is 2.91. The lowest BCUT2D eigenvalue weighted by Crippen LogP contribution is -2.38. The molecule has 1 atom stereocenters. The Kier molecular flexibility index (Phi) is 3.90. The zero-order chi connectivity index (χ0) is 16.7. The van der Waals surface area contributed by atoms with Crippen LogP contribution in [-0.2, 0) is 4.79 Å². The Hall–Kier alpha value is -2.10. The summed E-state index contributed by atoms with van der Waals surface area (Å²) in [5.74, 6) is -1.69. The largest absolute Gasteiger partial charge is 0.478 e. The standard InChI is InChI=1S/C18H22O4/c1-17(2)9-13(16(21)22)10-18(3,4)14(17)11-5-7-12(8-6-11)15(19)20/h5-9,14H,10H2,1-4H3,(H,19,20)(H,21,22). The molecule has 2 rings (SSSR count). The number of carboxylic acids is 2. The maximum Gasteiger partial charge on any atom is 0.335 e. The summed E-state index contributed by atoms with van der Waals surface area (Å²) in [6.45, 7) is 8.21. The van der Waals surface area contributed by atoms with E-state index in [1.54, 1.807) is 12.1 Å². The number of allylic oxidation sites excluding steroid dienone is 1. The summed E-state index contributed by atoms with van der Waals surface area (Å²) in [4.78, 5) is 22.3. The van der Waals surface area contributed by atoms with Crippen molar-refractivity contribution >= 4 is 11.9 Å². The smallest absolute Gasteiger partial charge is 0.335 e. The van der Waals surface area contributed by atoms with E-state index in [0.717, 1.165) is 5.56 Å². The van der Waals surface area contributed by atoms with Crippen LogP contribution in [0.3, 0.4) is 0 Å². The highest BCUT2D eigenvalue weighted by molar-refractivity contribution is 5.88. The molecule has 0 aliphatic heterocycles. The molecule has 1 aliphatic carbocycles. The molecule has 1 aromatic rings. The normalized spacial score (nSPS) is 22.7. The van der Waals surface area contributed by atoms with Gasteiger partial charge in [-0.3, -0.25) is 0 Å². The van der Waals surface area contributed by atoms with Crippen LogP contribution in [-0.4, -0.2) is 22.2 Å². The molecule has 2 N–H and O–H groups in total. The third-order valence-electron chi connectivity index (χ3n) is 4.48. The highest BCUT2D eigenvalue weighted by Gasteiger charge is 2.45. The molecule has 22 heavy (non-hydrogen) atoms. The Balaban J connectivity index is 2.48. The molecule has 1 aromatic carbocycles. The Morgan fingerprint density at radius 2 is 1.55 bits per heavy atom. The molecule has 0 amide bonds. The minimum atomic E-state index is -0.943. The third-order valence-corrected chi connectivity index (χ3v) is 4.48. The summed E-state index contributed by atoms with van der Waals surface area (Å²) in [6.07, 6.45) is 2.34. The van der Waals surface area contributed by atoms with E-state index in [2.05, 4.69) is 13.8 Å². The van der Waals surface area contributed by atoms with E-state index in [1.807, 2.05) is 32.1 Å². The molecule has 4 nitrogen and oxygen atoms in total. The fraction of sp³-hybridized carbons (Fsp3) is 0.444. The number of aromatic carboxylic acids is 1. The van der Waals surface area contributed by atoms with Crippen molar-refractivity contribution in [2.45, 2.75) is 40.0 Å². The van der Waals surface area contributed by atoms with Crippen molar-refractivity contribution < 1.29 is 19.8 Å². The number of hydrogen-bond donors (Lipinski definition) is 2. The van der Waals surface area contributed by atoms with Crippen molar-refractivity contribution in [2.24, 2.45) is 10.8 Å². The number of aliphatic carboxylic acids is 1. The molecule has 0 spiro atoms. The van der Waals surface area contributed by atoms with Crippen LogP contribution in [0, 0.1) is 10.8 Å². The molecule has 0 fully saturated rings. The minimum Gasteiger partial charge on any atom is -0.478 e. The van der Waals surface area contributed by atoms with E-state index >= 15 is 0 Å². The number of carboxylic acid groups (broad SMARTS) is 2. The molecular weight excluding hydrogens is 280 g/mol. The maximum atomic E-state index is 11.4. The van der Waals surface area contributed by atoms with Crippen molar-refractivity contribution in [1.29, 1.82) is 0 Å². The quantitative estimate of drug-likeness (QED) is 0.887. The van der Waals surface area contributed by atoms with E-state index in [4.69, 9.17) is 5.11 Å². The number of hydrogen-bond acceptors (Lipinski definition) is 2.